The van der Waals surface area contributed by atoms with Crippen molar-refractivity contribution in [2.45, 2.75) is 6.92 Å². The lowest BCUT2D eigenvalue weighted by atomic mass is 10.0. The van der Waals surface area contributed by atoms with Gasteiger partial charge in [-0.15, -0.1) is 11.3 Å². The van der Waals surface area contributed by atoms with E-state index >= 15 is 0 Å². The molecule has 194 valence electrons. The minimum Gasteiger partial charge on any atom is -0.340 e. The molecular formula is C27H33N7O2S. The number of thiazole rings is 1. The zero-order valence-electron chi connectivity index (χ0n) is 21.8. The Kier molecular flexibility index (Phi) is 6.13. The molecule has 2 atom stereocenters. The van der Waals surface area contributed by atoms with E-state index in [0.717, 1.165) is 42.9 Å². The Balaban J connectivity index is 1.51. The summed E-state index contributed by atoms with van der Waals surface area (Å²) < 4.78 is 3.01. The van der Waals surface area contributed by atoms with Gasteiger partial charge in [-0.05, 0) is 52.0 Å². The average Bonchev–Trinajstić information content (AvgIpc) is 3.55. The molecule has 3 aromatic heterocycles. The number of carbonyl (C=O) groups excluding carboxylic acids is 1. The number of rotatable bonds is 6. The summed E-state index contributed by atoms with van der Waals surface area (Å²) in [5, 5.41) is 0.385. The summed E-state index contributed by atoms with van der Waals surface area (Å²) in [7, 11) is 6.14. The molecule has 2 unspecified atom stereocenters. The predicted octanol–water partition coefficient (Wildman–Crippen LogP) is 2.48. The largest absolute Gasteiger partial charge is 0.340 e. The number of likely N-dealkylation sites (tertiary alicyclic amines) is 1. The quantitative estimate of drug-likeness (QED) is 0.387. The van der Waals surface area contributed by atoms with E-state index in [1.165, 1.54) is 11.3 Å². The lowest BCUT2D eigenvalue weighted by molar-refractivity contribution is 0.0755. The molecule has 2 fully saturated rings. The number of carbonyl (C=O) groups is 1. The molecule has 0 saturated carbocycles. The van der Waals surface area contributed by atoms with Crippen LogP contribution in [0.3, 0.4) is 0 Å². The number of hydrogen-bond acceptors (Lipinski definition) is 8. The first kappa shape index (κ1) is 24.3. The Morgan fingerprint density at radius 1 is 1.11 bits per heavy atom. The summed E-state index contributed by atoms with van der Waals surface area (Å²) in [4.78, 5) is 46.4. The van der Waals surface area contributed by atoms with Crippen molar-refractivity contribution >= 4 is 49.3 Å². The lowest BCUT2D eigenvalue weighted by Crippen LogP contribution is -2.39. The zero-order valence-corrected chi connectivity index (χ0v) is 22.7. The van der Waals surface area contributed by atoms with Crippen molar-refractivity contribution in [3.63, 3.8) is 0 Å². The molecule has 0 radical (unpaired) electrons. The maximum absolute atomic E-state index is 13.9. The molecule has 2 saturated heterocycles. The normalized spacial score (nSPS) is 20.1. The fraction of sp³-hybridized carbons (Fsp3) is 0.481. The van der Waals surface area contributed by atoms with E-state index in [1.807, 2.05) is 54.6 Å². The van der Waals surface area contributed by atoms with E-state index in [-0.39, 0.29) is 16.9 Å². The van der Waals surface area contributed by atoms with Crippen LogP contribution in [0.25, 0.3) is 26.1 Å². The van der Waals surface area contributed by atoms with E-state index in [2.05, 4.69) is 21.8 Å². The van der Waals surface area contributed by atoms with Crippen LogP contribution >= 0.6 is 11.3 Å². The number of anilines is 1. The fourth-order valence-corrected chi connectivity index (χ4v) is 7.08. The fourth-order valence-electron chi connectivity index (χ4n) is 5.90. The molecule has 10 heteroatoms. The first-order chi connectivity index (χ1) is 17.9. The van der Waals surface area contributed by atoms with Gasteiger partial charge in [-0.2, -0.15) is 4.98 Å². The summed E-state index contributed by atoms with van der Waals surface area (Å²) in [6, 6.07) is 8.02. The van der Waals surface area contributed by atoms with Gasteiger partial charge in [0, 0.05) is 52.0 Å². The zero-order chi connectivity index (χ0) is 25.8. The van der Waals surface area contributed by atoms with Gasteiger partial charge in [0.2, 0.25) is 11.4 Å². The van der Waals surface area contributed by atoms with Crippen LogP contribution in [0.4, 0.5) is 5.95 Å². The van der Waals surface area contributed by atoms with Gasteiger partial charge in [0.25, 0.3) is 5.91 Å². The van der Waals surface area contributed by atoms with E-state index in [9.17, 15) is 9.59 Å². The van der Waals surface area contributed by atoms with Crippen LogP contribution in [0.15, 0.2) is 35.3 Å². The number of amides is 1. The summed E-state index contributed by atoms with van der Waals surface area (Å²) in [5.74, 6) is 1.67. The van der Waals surface area contributed by atoms with Crippen molar-refractivity contribution in [1.82, 2.24) is 29.1 Å². The molecule has 5 heterocycles. The Bertz CT molecular complexity index is 1550. The molecule has 0 bridgehead atoms. The number of hydrogen-bond donors (Lipinski definition) is 0. The lowest BCUT2D eigenvalue weighted by Gasteiger charge is -2.23. The number of aromatic nitrogens is 3. The first-order valence-electron chi connectivity index (χ1n) is 13.0. The van der Waals surface area contributed by atoms with E-state index in [1.54, 1.807) is 11.1 Å². The minimum absolute atomic E-state index is 0.212. The molecule has 2 aliphatic heterocycles. The van der Waals surface area contributed by atoms with Gasteiger partial charge in [0.1, 0.15) is 10.4 Å². The Morgan fingerprint density at radius 2 is 1.84 bits per heavy atom. The third-order valence-corrected chi connectivity index (χ3v) is 8.97. The van der Waals surface area contributed by atoms with Crippen LogP contribution in [0.2, 0.25) is 0 Å². The van der Waals surface area contributed by atoms with Crippen LogP contribution in [-0.2, 0) is 0 Å². The van der Waals surface area contributed by atoms with Crippen LogP contribution in [0.5, 0.6) is 0 Å². The number of nitrogens with zero attached hydrogens (tertiary/aromatic N) is 7. The SMILES string of the molecule is CCN(CCN(C)C)C(=O)c1c(=O)c2cnc(N3CC4CN(C)CC4C3)nc2n2c1sc1ccccc12. The van der Waals surface area contributed by atoms with Crippen LogP contribution in [0, 0.1) is 11.8 Å². The van der Waals surface area contributed by atoms with Crippen molar-refractivity contribution in [2.24, 2.45) is 11.8 Å². The number of likely N-dealkylation sites (N-methyl/N-ethyl adjacent to an activating group) is 2. The van der Waals surface area contributed by atoms with Crippen molar-refractivity contribution in [3.05, 3.63) is 46.2 Å². The highest BCUT2D eigenvalue weighted by Gasteiger charge is 2.39. The minimum atomic E-state index is -0.290. The molecular weight excluding hydrogens is 486 g/mol. The number of pyridine rings is 1. The molecule has 37 heavy (non-hydrogen) atoms. The standard InChI is InChI=1S/C27H33N7O2S/c1-5-32(11-10-30(2)3)25(36)22-23(35)19-12-28-27(33-15-17-13-31(4)14-18(17)16-33)29-24(19)34-20-8-6-7-9-21(20)37-26(22)34/h6-9,12,17-18H,5,10-11,13-16H2,1-4H3. The van der Waals surface area contributed by atoms with Crippen molar-refractivity contribution in [3.8, 4) is 0 Å². The van der Waals surface area contributed by atoms with Crippen LogP contribution in [0.1, 0.15) is 17.3 Å². The smallest absolute Gasteiger partial charge is 0.260 e. The highest BCUT2D eigenvalue weighted by molar-refractivity contribution is 7.24. The maximum atomic E-state index is 13.9. The second-order valence-corrected chi connectivity index (χ2v) is 11.7. The topological polar surface area (TPSA) is 77.3 Å². The van der Waals surface area contributed by atoms with Gasteiger partial charge in [0.05, 0.1) is 15.6 Å². The molecule has 0 N–H and O–H groups in total. The maximum Gasteiger partial charge on any atom is 0.260 e. The third kappa shape index (κ3) is 4.07. The van der Waals surface area contributed by atoms with Crippen LogP contribution in [-0.4, -0.2) is 102 Å². The average molecular weight is 520 g/mol. The predicted molar refractivity (Wildman–Crippen MR) is 149 cm³/mol. The highest BCUT2D eigenvalue weighted by Crippen LogP contribution is 2.34. The molecule has 2 aliphatic rings. The Morgan fingerprint density at radius 3 is 2.54 bits per heavy atom. The Labute approximate surface area is 219 Å². The summed E-state index contributed by atoms with van der Waals surface area (Å²) in [6.07, 6.45) is 1.63. The van der Waals surface area contributed by atoms with Gasteiger partial charge in [-0.3, -0.25) is 14.0 Å². The third-order valence-electron chi connectivity index (χ3n) is 7.82. The van der Waals surface area contributed by atoms with Gasteiger partial charge < -0.3 is 19.6 Å². The van der Waals surface area contributed by atoms with Gasteiger partial charge in [-0.25, -0.2) is 4.98 Å². The van der Waals surface area contributed by atoms with Gasteiger partial charge in [-0.1, -0.05) is 12.1 Å². The molecule has 4 aromatic rings. The van der Waals surface area contributed by atoms with E-state index < -0.39 is 0 Å². The van der Waals surface area contributed by atoms with Crippen molar-refractivity contribution in [1.29, 1.82) is 0 Å². The van der Waals surface area contributed by atoms with Crippen molar-refractivity contribution in [2.75, 3.05) is 71.9 Å². The second kappa shape index (κ2) is 9.34. The summed E-state index contributed by atoms with van der Waals surface area (Å²) >= 11 is 1.48. The molecule has 1 amide bonds. The molecule has 0 spiro atoms. The number of benzene rings is 1. The number of fused-ring (bicyclic) bond motifs is 6. The number of para-hydroxylation sites is 1. The van der Waals surface area contributed by atoms with Crippen molar-refractivity contribution < 1.29 is 4.79 Å². The Hall–Kier alpha value is -3.08. The van der Waals surface area contributed by atoms with E-state index in [0.29, 0.717) is 46.7 Å². The van der Waals surface area contributed by atoms with Gasteiger partial charge in [0.15, 0.2) is 5.65 Å². The monoisotopic (exact) mass is 519 g/mol. The molecule has 6 rings (SSSR count). The molecule has 1 aromatic carbocycles. The summed E-state index contributed by atoms with van der Waals surface area (Å²) in [6.45, 7) is 7.81. The van der Waals surface area contributed by atoms with Gasteiger partial charge >= 0.3 is 0 Å². The molecule has 0 aliphatic carbocycles. The van der Waals surface area contributed by atoms with Crippen LogP contribution < -0.4 is 10.3 Å². The first-order valence-corrected chi connectivity index (χ1v) is 13.8. The second-order valence-electron chi connectivity index (χ2n) is 10.7. The van der Waals surface area contributed by atoms with E-state index in [4.69, 9.17) is 4.98 Å². The highest BCUT2D eigenvalue weighted by atomic mass is 32.1. The molecule has 9 nitrogen and oxygen atoms in total. The summed E-state index contributed by atoms with van der Waals surface area (Å²) in [5.41, 5.74) is 1.44.